The molecule has 0 aliphatic carbocycles. The molecule has 0 bridgehead atoms. The number of nitrogens with one attached hydrogen (secondary N) is 1. The van der Waals surface area contributed by atoms with Crippen LogP contribution in [-0.4, -0.2) is 21.7 Å². The zero-order valence-electron chi connectivity index (χ0n) is 13.4. The fourth-order valence-electron chi connectivity index (χ4n) is 2.69. The van der Waals surface area contributed by atoms with Crippen molar-refractivity contribution in [1.82, 2.24) is 20.4 Å². The molecule has 1 unspecified atom stereocenters. The van der Waals surface area contributed by atoms with Crippen molar-refractivity contribution in [3.8, 4) is 23.4 Å². The Hall–Kier alpha value is -3.04. The van der Waals surface area contributed by atoms with Gasteiger partial charge in [-0.15, -0.1) is 0 Å². The number of pyridine rings is 1. The number of benzene rings is 1. The predicted molar refractivity (Wildman–Crippen MR) is 89.9 cm³/mol. The highest BCUT2D eigenvalue weighted by molar-refractivity contribution is 5.51. The monoisotopic (exact) mass is 334 g/mol. The number of hydrogen-bond acceptors (Lipinski definition) is 5. The summed E-state index contributed by atoms with van der Waals surface area (Å²) in [5, 5.41) is 7.32. The Balaban J connectivity index is 1.50. The average molecular weight is 334 g/mol. The molecule has 5 nitrogen and oxygen atoms in total. The van der Waals surface area contributed by atoms with Crippen LogP contribution in [0, 0.1) is 17.7 Å². The summed E-state index contributed by atoms with van der Waals surface area (Å²) >= 11 is 0. The van der Waals surface area contributed by atoms with E-state index in [0.717, 1.165) is 24.9 Å². The van der Waals surface area contributed by atoms with E-state index in [0.29, 0.717) is 23.0 Å². The molecule has 4 rings (SSSR count). The summed E-state index contributed by atoms with van der Waals surface area (Å²) in [4.78, 5) is 8.75. The first-order chi connectivity index (χ1) is 12.3. The van der Waals surface area contributed by atoms with Crippen molar-refractivity contribution in [2.75, 3.05) is 6.54 Å². The third-order valence-corrected chi connectivity index (χ3v) is 3.97. The van der Waals surface area contributed by atoms with Crippen LogP contribution >= 0.6 is 0 Å². The zero-order valence-corrected chi connectivity index (χ0v) is 13.4. The highest BCUT2D eigenvalue weighted by Crippen LogP contribution is 2.23. The Kier molecular flexibility index (Phi) is 4.23. The van der Waals surface area contributed by atoms with E-state index in [9.17, 15) is 4.39 Å². The molecule has 1 N–H and O–H groups in total. The van der Waals surface area contributed by atoms with Gasteiger partial charge < -0.3 is 9.84 Å². The summed E-state index contributed by atoms with van der Waals surface area (Å²) < 4.78 is 18.5. The maximum Gasteiger partial charge on any atom is 0.244 e. The molecule has 1 saturated heterocycles. The second kappa shape index (κ2) is 6.83. The van der Waals surface area contributed by atoms with Crippen LogP contribution in [0.2, 0.25) is 0 Å². The van der Waals surface area contributed by atoms with E-state index in [-0.39, 0.29) is 11.9 Å². The normalized spacial score (nSPS) is 16.4. The van der Waals surface area contributed by atoms with Crippen molar-refractivity contribution in [1.29, 1.82) is 0 Å². The molecule has 1 atom stereocenters. The Morgan fingerprint density at radius 2 is 2.08 bits per heavy atom. The molecular weight excluding hydrogens is 319 g/mol. The lowest BCUT2D eigenvalue weighted by atomic mass is 10.2. The van der Waals surface area contributed by atoms with E-state index in [2.05, 4.69) is 32.3 Å². The van der Waals surface area contributed by atoms with Crippen LogP contribution in [0.4, 0.5) is 4.39 Å². The molecular formula is C19H15FN4O. The third-order valence-electron chi connectivity index (χ3n) is 3.97. The molecule has 124 valence electrons. The number of nitrogens with zero attached hydrogens (tertiary/aromatic N) is 3. The molecule has 1 aliphatic rings. The molecule has 1 fully saturated rings. The van der Waals surface area contributed by atoms with Crippen molar-refractivity contribution in [3.63, 3.8) is 0 Å². The van der Waals surface area contributed by atoms with Crippen LogP contribution in [0.1, 0.15) is 35.9 Å². The van der Waals surface area contributed by atoms with Crippen molar-refractivity contribution >= 4 is 0 Å². The third kappa shape index (κ3) is 3.57. The van der Waals surface area contributed by atoms with Gasteiger partial charge in [0.2, 0.25) is 11.7 Å². The molecule has 1 aliphatic heterocycles. The Morgan fingerprint density at radius 1 is 1.16 bits per heavy atom. The largest absolute Gasteiger partial charge is 0.337 e. The predicted octanol–water partition coefficient (Wildman–Crippen LogP) is 3.10. The lowest BCUT2D eigenvalue weighted by Crippen LogP contribution is -2.12. The first-order valence-electron chi connectivity index (χ1n) is 8.09. The molecule has 0 radical (unpaired) electrons. The highest BCUT2D eigenvalue weighted by Gasteiger charge is 2.22. The van der Waals surface area contributed by atoms with Gasteiger partial charge in [-0.1, -0.05) is 23.1 Å². The molecule has 0 spiro atoms. The van der Waals surface area contributed by atoms with Crippen molar-refractivity contribution < 1.29 is 8.91 Å². The fraction of sp³-hybridized carbons (Fsp3) is 0.211. The van der Waals surface area contributed by atoms with Gasteiger partial charge in [-0.2, -0.15) is 4.98 Å². The van der Waals surface area contributed by atoms with Crippen molar-refractivity contribution in [3.05, 3.63) is 65.4 Å². The summed E-state index contributed by atoms with van der Waals surface area (Å²) in [6.07, 6.45) is 3.76. The SMILES string of the molecule is Fc1cccc(C#Cc2ccc(-c3noc(C4CCCN4)n3)nc2)c1. The van der Waals surface area contributed by atoms with Gasteiger partial charge in [0.25, 0.3) is 0 Å². The van der Waals surface area contributed by atoms with Crippen LogP contribution in [0.3, 0.4) is 0 Å². The van der Waals surface area contributed by atoms with Gasteiger partial charge in [0.05, 0.1) is 6.04 Å². The molecule has 3 heterocycles. The Morgan fingerprint density at radius 3 is 2.84 bits per heavy atom. The van der Waals surface area contributed by atoms with Crippen LogP contribution in [0.15, 0.2) is 47.1 Å². The summed E-state index contributed by atoms with van der Waals surface area (Å²) in [6.45, 7) is 0.972. The fourth-order valence-corrected chi connectivity index (χ4v) is 2.69. The summed E-state index contributed by atoms with van der Waals surface area (Å²) in [5.41, 5.74) is 1.98. The standard InChI is InChI=1S/C19H15FN4O/c20-15-4-1-3-13(11-15)6-7-14-8-9-16(22-12-14)18-23-19(25-24-18)17-5-2-10-21-17/h1,3-4,8-9,11-12,17,21H,2,5,10H2. The number of aromatic nitrogens is 3. The molecule has 2 aromatic heterocycles. The number of rotatable bonds is 2. The minimum absolute atomic E-state index is 0.137. The minimum Gasteiger partial charge on any atom is -0.337 e. The lowest BCUT2D eigenvalue weighted by Gasteiger charge is -2.01. The Bertz CT molecular complexity index is 934. The summed E-state index contributed by atoms with van der Waals surface area (Å²) in [5.74, 6) is 6.64. The average Bonchev–Trinajstić information content (AvgIpc) is 3.32. The Labute approximate surface area is 144 Å². The topological polar surface area (TPSA) is 63.8 Å². The van der Waals surface area contributed by atoms with Gasteiger partial charge in [0.1, 0.15) is 11.5 Å². The van der Waals surface area contributed by atoms with Gasteiger partial charge in [0, 0.05) is 17.3 Å². The van der Waals surface area contributed by atoms with E-state index in [1.165, 1.54) is 12.1 Å². The zero-order chi connectivity index (χ0) is 17.1. The number of halogens is 1. The van der Waals surface area contributed by atoms with Crippen LogP contribution < -0.4 is 5.32 Å². The smallest absolute Gasteiger partial charge is 0.244 e. The van der Waals surface area contributed by atoms with Crippen molar-refractivity contribution in [2.24, 2.45) is 0 Å². The maximum atomic E-state index is 13.1. The van der Waals surface area contributed by atoms with Gasteiger partial charge in [-0.3, -0.25) is 4.98 Å². The molecule has 0 amide bonds. The molecule has 0 saturated carbocycles. The van der Waals surface area contributed by atoms with E-state index in [1.54, 1.807) is 24.4 Å². The van der Waals surface area contributed by atoms with E-state index in [1.807, 2.05) is 6.07 Å². The molecule has 3 aromatic rings. The summed E-state index contributed by atoms with van der Waals surface area (Å²) in [7, 11) is 0. The molecule has 25 heavy (non-hydrogen) atoms. The maximum absolute atomic E-state index is 13.1. The van der Waals surface area contributed by atoms with Gasteiger partial charge in [-0.25, -0.2) is 4.39 Å². The second-order valence-electron chi connectivity index (χ2n) is 5.80. The van der Waals surface area contributed by atoms with Gasteiger partial charge in [0.15, 0.2) is 0 Å². The van der Waals surface area contributed by atoms with E-state index >= 15 is 0 Å². The van der Waals surface area contributed by atoms with Crippen molar-refractivity contribution in [2.45, 2.75) is 18.9 Å². The minimum atomic E-state index is -0.301. The quantitative estimate of drug-likeness (QED) is 0.730. The van der Waals surface area contributed by atoms with Gasteiger partial charge in [-0.05, 0) is 49.7 Å². The summed E-state index contributed by atoms with van der Waals surface area (Å²) in [6, 6.07) is 9.95. The first kappa shape index (κ1) is 15.5. The van der Waals surface area contributed by atoms with Crippen LogP contribution in [-0.2, 0) is 0 Å². The van der Waals surface area contributed by atoms with E-state index in [4.69, 9.17) is 4.52 Å². The first-order valence-corrected chi connectivity index (χ1v) is 8.09. The van der Waals surface area contributed by atoms with Gasteiger partial charge >= 0.3 is 0 Å². The second-order valence-corrected chi connectivity index (χ2v) is 5.80. The molecule has 6 heteroatoms. The number of hydrogen-bond donors (Lipinski definition) is 1. The van der Waals surface area contributed by atoms with Crippen LogP contribution in [0.25, 0.3) is 11.5 Å². The lowest BCUT2D eigenvalue weighted by molar-refractivity contribution is 0.345. The van der Waals surface area contributed by atoms with Crippen LogP contribution in [0.5, 0.6) is 0 Å². The van der Waals surface area contributed by atoms with E-state index < -0.39 is 0 Å². The molecule has 1 aromatic carbocycles. The highest BCUT2D eigenvalue weighted by atomic mass is 19.1.